The predicted octanol–water partition coefficient (Wildman–Crippen LogP) is 1.52. The first-order valence-electron chi connectivity index (χ1n) is 5.74. The summed E-state index contributed by atoms with van der Waals surface area (Å²) in [5, 5.41) is 12.4. The molecule has 1 aromatic rings. The lowest BCUT2D eigenvalue weighted by molar-refractivity contribution is -0.137. The number of hydrogen-bond acceptors (Lipinski definition) is 4. The van der Waals surface area contributed by atoms with Gasteiger partial charge in [0.05, 0.1) is 0 Å². The summed E-state index contributed by atoms with van der Waals surface area (Å²) in [4.78, 5) is 23.8. The van der Waals surface area contributed by atoms with Crippen LogP contribution in [-0.2, 0) is 10.2 Å². The van der Waals surface area contributed by atoms with Crippen LogP contribution in [0.4, 0.5) is 0 Å². The normalized spacial score (nSPS) is 11.3. The molecular formula is C12H18N2O4. The van der Waals surface area contributed by atoms with E-state index in [-0.39, 0.29) is 17.7 Å². The molecule has 1 amide bonds. The average Bonchev–Trinajstić information content (AvgIpc) is 2.73. The minimum absolute atomic E-state index is 0.142. The highest BCUT2D eigenvalue weighted by atomic mass is 16.5. The van der Waals surface area contributed by atoms with Gasteiger partial charge in [0, 0.05) is 18.0 Å². The maximum Gasteiger partial charge on any atom is 0.323 e. The van der Waals surface area contributed by atoms with E-state index in [0.29, 0.717) is 12.3 Å². The second kappa shape index (κ2) is 5.20. The lowest BCUT2D eigenvalue weighted by atomic mass is 9.93. The fourth-order valence-electron chi connectivity index (χ4n) is 1.38. The van der Waals surface area contributed by atoms with Crippen LogP contribution < -0.4 is 0 Å². The number of carbonyl (C=O) groups excluding carboxylic acids is 1. The zero-order chi connectivity index (χ0) is 13.9. The quantitative estimate of drug-likeness (QED) is 0.880. The Kier molecular flexibility index (Phi) is 4.11. The number of carbonyl (C=O) groups is 2. The van der Waals surface area contributed by atoms with Crippen molar-refractivity contribution >= 4 is 11.9 Å². The Balaban J connectivity index is 2.89. The van der Waals surface area contributed by atoms with Crippen molar-refractivity contribution in [2.45, 2.75) is 33.1 Å². The summed E-state index contributed by atoms with van der Waals surface area (Å²) in [7, 11) is 0. The van der Waals surface area contributed by atoms with Gasteiger partial charge < -0.3 is 14.5 Å². The first-order valence-corrected chi connectivity index (χ1v) is 5.74. The lowest BCUT2D eigenvalue weighted by Crippen LogP contribution is -2.35. The number of amides is 1. The van der Waals surface area contributed by atoms with E-state index < -0.39 is 11.9 Å². The van der Waals surface area contributed by atoms with E-state index in [1.165, 1.54) is 4.90 Å². The maximum absolute atomic E-state index is 12.0. The fourth-order valence-corrected chi connectivity index (χ4v) is 1.38. The van der Waals surface area contributed by atoms with Crippen LogP contribution in [0.5, 0.6) is 0 Å². The van der Waals surface area contributed by atoms with Crippen LogP contribution in [0.1, 0.15) is 43.9 Å². The third kappa shape index (κ3) is 3.32. The van der Waals surface area contributed by atoms with Gasteiger partial charge in [-0.3, -0.25) is 9.59 Å². The molecule has 0 aliphatic heterocycles. The molecule has 0 atom stereocenters. The molecule has 1 heterocycles. The number of likely N-dealkylation sites (N-methyl/N-ethyl adjacent to an activating group) is 1. The molecular weight excluding hydrogens is 236 g/mol. The Morgan fingerprint density at radius 1 is 1.44 bits per heavy atom. The Morgan fingerprint density at radius 2 is 2.06 bits per heavy atom. The van der Waals surface area contributed by atoms with Crippen LogP contribution in [-0.4, -0.2) is 40.1 Å². The zero-order valence-corrected chi connectivity index (χ0v) is 11.1. The summed E-state index contributed by atoms with van der Waals surface area (Å²) >= 11 is 0. The van der Waals surface area contributed by atoms with Gasteiger partial charge in [0.1, 0.15) is 12.3 Å². The first-order chi connectivity index (χ1) is 8.25. The van der Waals surface area contributed by atoms with Crippen molar-refractivity contribution in [2.75, 3.05) is 13.1 Å². The topological polar surface area (TPSA) is 83.6 Å². The van der Waals surface area contributed by atoms with Crippen LogP contribution in [0.15, 0.2) is 10.6 Å². The molecule has 0 spiro atoms. The van der Waals surface area contributed by atoms with Crippen molar-refractivity contribution in [3.63, 3.8) is 0 Å². The zero-order valence-electron chi connectivity index (χ0n) is 11.1. The van der Waals surface area contributed by atoms with Crippen LogP contribution in [0, 0.1) is 0 Å². The van der Waals surface area contributed by atoms with Gasteiger partial charge >= 0.3 is 5.97 Å². The molecule has 0 bridgehead atoms. The van der Waals surface area contributed by atoms with E-state index in [1.54, 1.807) is 13.0 Å². The molecule has 6 nitrogen and oxygen atoms in total. The van der Waals surface area contributed by atoms with Gasteiger partial charge in [0.2, 0.25) is 0 Å². The molecule has 0 saturated heterocycles. The predicted molar refractivity (Wildman–Crippen MR) is 64.4 cm³/mol. The minimum Gasteiger partial charge on any atom is -0.480 e. The maximum atomic E-state index is 12.0. The Hall–Kier alpha value is -1.85. The summed E-state index contributed by atoms with van der Waals surface area (Å²) < 4.78 is 5.10. The highest BCUT2D eigenvalue weighted by molar-refractivity contribution is 5.94. The van der Waals surface area contributed by atoms with Crippen molar-refractivity contribution in [3.8, 4) is 0 Å². The van der Waals surface area contributed by atoms with Gasteiger partial charge in [-0.2, -0.15) is 0 Å². The Morgan fingerprint density at radius 3 is 2.44 bits per heavy atom. The van der Waals surface area contributed by atoms with Crippen molar-refractivity contribution < 1.29 is 19.2 Å². The van der Waals surface area contributed by atoms with Crippen LogP contribution in [0.2, 0.25) is 0 Å². The molecule has 0 unspecified atom stereocenters. The van der Waals surface area contributed by atoms with E-state index in [1.807, 2.05) is 20.8 Å². The largest absolute Gasteiger partial charge is 0.480 e. The third-order valence-corrected chi connectivity index (χ3v) is 2.46. The average molecular weight is 254 g/mol. The van der Waals surface area contributed by atoms with Crippen LogP contribution >= 0.6 is 0 Å². The molecule has 0 fully saturated rings. The van der Waals surface area contributed by atoms with E-state index in [9.17, 15) is 9.59 Å². The third-order valence-electron chi connectivity index (χ3n) is 2.46. The lowest BCUT2D eigenvalue weighted by Gasteiger charge is -2.16. The van der Waals surface area contributed by atoms with Crippen LogP contribution in [0.3, 0.4) is 0 Å². The molecule has 0 saturated carbocycles. The Labute approximate surface area is 106 Å². The fraction of sp³-hybridized carbons (Fsp3) is 0.583. The highest BCUT2D eigenvalue weighted by Gasteiger charge is 2.25. The van der Waals surface area contributed by atoms with Crippen molar-refractivity contribution in [3.05, 3.63) is 17.5 Å². The second-order valence-electron chi connectivity index (χ2n) is 5.04. The number of aliphatic carboxylic acids is 1. The number of nitrogens with zero attached hydrogens (tertiary/aromatic N) is 2. The molecule has 0 aromatic carbocycles. The monoisotopic (exact) mass is 254 g/mol. The van der Waals surface area contributed by atoms with Crippen LogP contribution in [0.25, 0.3) is 0 Å². The van der Waals surface area contributed by atoms with Gasteiger partial charge in [0.15, 0.2) is 5.69 Å². The van der Waals surface area contributed by atoms with Gasteiger partial charge in [-0.1, -0.05) is 25.9 Å². The summed E-state index contributed by atoms with van der Waals surface area (Å²) in [5.74, 6) is -0.888. The summed E-state index contributed by atoms with van der Waals surface area (Å²) in [5.41, 5.74) is -0.0990. The molecule has 0 radical (unpaired) electrons. The second-order valence-corrected chi connectivity index (χ2v) is 5.04. The molecule has 100 valence electrons. The van der Waals surface area contributed by atoms with Crippen molar-refractivity contribution in [1.29, 1.82) is 0 Å². The van der Waals surface area contributed by atoms with E-state index in [4.69, 9.17) is 9.63 Å². The van der Waals surface area contributed by atoms with Gasteiger partial charge in [0.25, 0.3) is 5.91 Å². The standard InChI is InChI=1S/C12H18N2O4/c1-5-14(7-10(15)16)11(17)8-6-9(18-13-8)12(2,3)4/h6H,5,7H2,1-4H3,(H,15,16). The van der Waals surface area contributed by atoms with E-state index in [2.05, 4.69) is 5.16 Å². The highest BCUT2D eigenvalue weighted by Crippen LogP contribution is 2.23. The molecule has 0 aliphatic rings. The Bertz CT molecular complexity index is 445. The molecule has 18 heavy (non-hydrogen) atoms. The van der Waals surface area contributed by atoms with E-state index in [0.717, 1.165) is 0 Å². The summed E-state index contributed by atoms with van der Waals surface area (Å²) in [6.45, 7) is 7.51. The first kappa shape index (κ1) is 14.2. The molecule has 0 aliphatic carbocycles. The number of hydrogen-bond donors (Lipinski definition) is 1. The smallest absolute Gasteiger partial charge is 0.323 e. The SMILES string of the molecule is CCN(CC(=O)O)C(=O)c1cc(C(C)(C)C)on1. The number of carboxylic acid groups (broad SMARTS) is 1. The van der Waals surface area contributed by atoms with Crippen molar-refractivity contribution in [1.82, 2.24) is 10.1 Å². The van der Waals surface area contributed by atoms with Crippen molar-refractivity contribution in [2.24, 2.45) is 0 Å². The number of aromatic nitrogens is 1. The van der Waals surface area contributed by atoms with Gasteiger partial charge in [-0.25, -0.2) is 0 Å². The summed E-state index contributed by atoms with van der Waals surface area (Å²) in [6, 6.07) is 1.56. The number of rotatable bonds is 4. The van der Waals surface area contributed by atoms with Gasteiger partial charge in [-0.15, -0.1) is 0 Å². The summed E-state index contributed by atoms with van der Waals surface area (Å²) in [6.07, 6.45) is 0. The van der Waals surface area contributed by atoms with Gasteiger partial charge in [-0.05, 0) is 6.92 Å². The molecule has 1 rings (SSSR count). The molecule has 1 aromatic heterocycles. The molecule has 6 heteroatoms. The number of carboxylic acids is 1. The minimum atomic E-state index is -1.05. The van der Waals surface area contributed by atoms with E-state index >= 15 is 0 Å². The molecule has 1 N–H and O–H groups in total.